The van der Waals surface area contributed by atoms with Crippen molar-refractivity contribution in [2.24, 2.45) is 0 Å². The molecule has 158 valence electrons. The lowest BCUT2D eigenvalue weighted by molar-refractivity contribution is -0.157. The van der Waals surface area contributed by atoms with Crippen LogP contribution in [0.2, 0.25) is 23.2 Å². The van der Waals surface area contributed by atoms with E-state index < -0.39 is 25.9 Å². The Bertz CT molecular complexity index is 680. The minimum atomic E-state index is -2.10. The second kappa shape index (κ2) is 9.52. The van der Waals surface area contributed by atoms with Crippen molar-refractivity contribution in [3.63, 3.8) is 0 Å². The number of nitrogens with one attached hydrogen (secondary N) is 1. The quantitative estimate of drug-likeness (QED) is 0.276. The van der Waals surface area contributed by atoms with Crippen LogP contribution < -0.4 is 5.32 Å². The van der Waals surface area contributed by atoms with Gasteiger partial charge < -0.3 is 14.0 Å². The summed E-state index contributed by atoms with van der Waals surface area (Å²) >= 11 is 6.17. The van der Waals surface area contributed by atoms with Crippen molar-refractivity contribution in [2.45, 2.75) is 77.4 Å². The summed E-state index contributed by atoms with van der Waals surface area (Å²) in [7, 11) is -2.10. The van der Waals surface area contributed by atoms with Crippen molar-refractivity contribution in [3.8, 4) is 0 Å². The van der Waals surface area contributed by atoms with Crippen molar-refractivity contribution in [2.75, 3.05) is 6.54 Å². The van der Waals surface area contributed by atoms with E-state index in [1.54, 1.807) is 26.8 Å². The molecular formula is C21H34ClNO4Si. The first-order valence-corrected chi connectivity index (χ1v) is 12.8. The van der Waals surface area contributed by atoms with Gasteiger partial charge in [0.1, 0.15) is 11.9 Å². The van der Waals surface area contributed by atoms with Crippen LogP contribution in [0.25, 0.3) is 0 Å². The molecule has 0 heterocycles. The molecule has 0 saturated carbocycles. The summed E-state index contributed by atoms with van der Waals surface area (Å²) in [4.78, 5) is 23.7. The number of carbonyl (C=O) groups excluding carboxylic acids is 2. The second-order valence-corrected chi connectivity index (χ2v) is 14.7. The van der Waals surface area contributed by atoms with Gasteiger partial charge in [-0.1, -0.05) is 44.5 Å². The van der Waals surface area contributed by atoms with Gasteiger partial charge >= 0.3 is 5.97 Å². The highest BCUT2D eigenvalue weighted by molar-refractivity contribution is 6.74. The average molecular weight is 428 g/mol. The Labute approximate surface area is 175 Å². The summed E-state index contributed by atoms with van der Waals surface area (Å²) in [5, 5.41) is 3.62. The summed E-state index contributed by atoms with van der Waals surface area (Å²) < 4.78 is 11.9. The highest BCUT2D eigenvalue weighted by Crippen LogP contribution is 2.39. The van der Waals surface area contributed by atoms with Crippen molar-refractivity contribution < 1.29 is 18.8 Å². The maximum Gasteiger partial charge on any atom is 0.331 e. The van der Waals surface area contributed by atoms with Crippen LogP contribution >= 0.6 is 11.6 Å². The molecule has 1 N–H and O–H groups in total. The molecular weight excluding hydrogens is 394 g/mol. The normalized spacial score (nSPS) is 15.0. The lowest BCUT2D eigenvalue weighted by Crippen LogP contribution is -2.47. The number of aldehydes is 1. The molecule has 5 nitrogen and oxygen atoms in total. The minimum Gasteiger partial charge on any atom is -0.458 e. The Balaban J connectivity index is 3.03. The van der Waals surface area contributed by atoms with Crippen molar-refractivity contribution in [1.82, 2.24) is 5.32 Å². The highest BCUT2D eigenvalue weighted by Gasteiger charge is 2.39. The fourth-order valence-corrected chi connectivity index (χ4v) is 3.74. The predicted octanol–water partition coefficient (Wildman–Crippen LogP) is 4.90. The summed E-state index contributed by atoms with van der Waals surface area (Å²) in [5.74, 6) is -0.598. The largest absolute Gasteiger partial charge is 0.458 e. The number of esters is 1. The second-order valence-electron chi connectivity index (χ2n) is 9.48. The molecule has 1 rings (SSSR count). The zero-order chi connectivity index (χ0) is 21.8. The van der Waals surface area contributed by atoms with Crippen LogP contribution in [0.5, 0.6) is 0 Å². The topological polar surface area (TPSA) is 64.6 Å². The molecule has 2 atom stereocenters. The van der Waals surface area contributed by atoms with Gasteiger partial charge in [0.25, 0.3) is 0 Å². The zero-order valence-electron chi connectivity index (χ0n) is 18.3. The van der Waals surface area contributed by atoms with Gasteiger partial charge in [0.05, 0.1) is 6.10 Å². The molecule has 7 heteroatoms. The number of hydrogen-bond acceptors (Lipinski definition) is 5. The maximum atomic E-state index is 12.3. The third-order valence-electron chi connectivity index (χ3n) is 4.78. The van der Waals surface area contributed by atoms with Gasteiger partial charge in [-0.3, -0.25) is 5.32 Å². The van der Waals surface area contributed by atoms with Crippen LogP contribution in [-0.2, 0) is 18.8 Å². The Morgan fingerprint density at radius 2 is 1.82 bits per heavy atom. The molecule has 0 spiro atoms. The Morgan fingerprint density at radius 3 is 2.29 bits per heavy atom. The molecule has 0 fully saturated rings. The molecule has 28 heavy (non-hydrogen) atoms. The van der Waals surface area contributed by atoms with Gasteiger partial charge in [-0.2, -0.15) is 0 Å². The third-order valence-corrected chi connectivity index (χ3v) is 9.50. The number of rotatable bonds is 8. The van der Waals surface area contributed by atoms with Crippen LogP contribution in [0, 0.1) is 0 Å². The molecule has 0 aliphatic rings. The smallest absolute Gasteiger partial charge is 0.331 e. The number of hydrogen-bond donors (Lipinski definition) is 1. The van der Waals surface area contributed by atoms with Gasteiger partial charge in [-0.25, -0.2) is 4.79 Å². The fourth-order valence-electron chi connectivity index (χ4n) is 2.25. The SMILES string of the molecule is CC(C)(C)OC(=O)C(C=O)NCC(O[Si](C)(C)C(C)(C)C)c1cccc(Cl)c1. The van der Waals surface area contributed by atoms with E-state index >= 15 is 0 Å². The van der Waals surface area contributed by atoms with E-state index in [2.05, 4.69) is 39.2 Å². The average Bonchev–Trinajstić information content (AvgIpc) is 2.51. The summed E-state index contributed by atoms with van der Waals surface area (Å²) in [6.07, 6.45) is 0.222. The molecule has 0 aliphatic carbocycles. The molecule has 0 aliphatic heterocycles. The van der Waals surface area contributed by atoms with Crippen LogP contribution in [0.15, 0.2) is 24.3 Å². The lowest BCUT2D eigenvalue weighted by Gasteiger charge is -2.39. The molecule has 0 bridgehead atoms. The zero-order valence-corrected chi connectivity index (χ0v) is 20.0. The first kappa shape index (κ1) is 24.8. The van der Waals surface area contributed by atoms with Crippen molar-refractivity contribution >= 4 is 32.2 Å². The monoisotopic (exact) mass is 427 g/mol. The molecule has 0 amide bonds. The van der Waals surface area contributed by atoms with E-state index in [0.29, 0.717) is 11.3 Å². The van der Waals surface area contributed by atoms with Crippen LogP contribution in [0.1, 0.15) is 53.2 Å². The van der Waals surface area contributed by atoms with E-state index in [9.17, 15) is 9.59 Å². The number of ether oxygens (including phenoxy) is 1. The van der Waals surface area contributed by atoms with Gasteiger partial charge in [0, 0.05) is 11.6 Å². The van der Waals surface area contributed by atoms with Crippen molar-refractivity contribution in [3.05, 3.63) is 34.9 Å². The Hall–Kier alpha value is -1.21. The predicted molar refractivity (Wildman–Crippen MR) is 116 cm³/mol. The van der Waals surface area contributed by atoms with E-state index in [1.807, 2.05) is 18.2 Å². The van der Waals surface area contributed by atoms with Crippen molar-refractivity contribution in [1.29, 1.82) is 0 Å². The van der Waals surface area contributed by atoms with Gasteiger partial charge in [0.15, 0.2) is 14.4 Å². The van der Waals surface area contributed by atoms with Crippen LogP contribution in [-0.4, -0.2) is 38.8 Å². The molecule has 1 aromatic rings. The summed E-state index contributed by atoms with van der Waals surface area (Å²) in [5.41, 5.74) is 0.239. The molecule has 0 saturated heterocycles. The standard InChI is InChI=1S/C21H34ClNO4Si/c1-20(2,3)26-19(25)17(14-24)23-13-18(15-10-9-11-16(22)12-15)27-28(7,8)21(4,5)6/h9-12,14,17-18,23H,13H2,1-8H3. The number of benzene rings is 1. The minimum absolute atomic E-state index is 0.0129. The molecule has 0 radical (unpaired) electrons. The number of carbonyl (C=O) groups is 2. The number of halogens is 1. The Kier molecular flexibility index (Phi) is 8.44. The van der Waals surface area contributed by atoms with E-state index in [1.165, 1.54) is 0 Å². The third kappa shape index (κ3) is 7.66. The van der Waals surface area contributed by atoms with E-state index in [4.69, 9.17) is 20.8 Å². The first-order valence-electron chi connectivity index (χ1n) is 9.51. The molecule has 1 aromatic carbocycles. The first-order chi connectivity index (χ1) is 12.7. The van der Waals surface area contributed by atoms with E-state index in [-0.39, 0.29) is 17.7 Å². The van der Waals surface area contributed by atoms with Crippen LogP contribution in [0.4, 0.5) is 0 Å². The van der Waals surface area contributed by atoms with Gasteiger partial charge in [-0.05, 0) is 56.6 Å². The van der Waals surface area contributed by atoms with Gasteiger partial charge in [-0.15, -0.1) is 0 Å². The summed E-state index contributed by atoms with van der Waals surface area (Å²) in [6, 6.07) is 6.41. The molecule has 2 unspecified atom stereocenters. The molecule has 0 aromatic heterocycles. The van der Waals surface area contributed by atoms with Crippen LogP contribution in [0.3, 0.4) is 0 Å². The lowest BCUT2D eigenvalue weighted by atomic mass is 10.1. The highest BCUT2D eigenvalue weighted by atomic mass is 35.5. The van der Waals surface area contributed by atoms with Gasteiger partial charge in [0.2, 0.25) is 0 Å². The fraction of sp³-hybridized carbons (Fsp3) is 0.619. The maximum absolute atomic E-state index is 12.3. The Morgan fingerprint density at radius 1 is 1.21 bits per heavy atom. The van der Waals surface area contributed by atoms with E-state index in [0.717, 1.165) is 5.56 Å². The summed E-state index contributed by atoms with van der Waals surface area (Å²) in [6.45, 7) is 16.4.